The molecule has 22 heavy (non-hydrogen) atoms. The average Bonchev–Trinajstić information content (AvgIpc) is 2.53. The third-order valence-electron chi connectivity index (χ3n) is 4.95. The van der Waals surface area contributed by atoms with E-state index in [0.29, 0.717) is 5.92 Å². The van der Waals surface area contributed by atoms with Crippen LogP contribution in [0.2, 0.25) is 0 Å². The fraction of sp³-hybridized carbons (Fsp3) is 0.867. The number of amides is 1. The van der Waals surface area contributed by atoms with Crippen LogP contribution in [0.1, 0.15) is 58.3 Å². The quantitative estimate of drug-likeness (QED) is 0.795. The second kappa shape index (κ2) is 7.19. The lowest BCUT2D eigenvalue weighted by molar-refractivity contribution is -0.151. The Morgan fingerprint density at radius 1 is 1.18 bits per heavy atom. The van der Waals surface area contributed by atoms with Crippen molar-refractivity contribution in [2.24, 2.45) is 16.8 Å². The highest BCUT2D eigenvalue weighted by molar-refractivity contribution is 7.75. The van der Waals surface area contributed by atoms with Crippen LogP contribution in [0.25, 0.3) is 0 Å². The van der Waals surface area contributed by atoms with Crippen LogP contribution < -0.4 is 0 Å². The predicted molar refractivity (Wildman–Crippen MR) is 82.8 cm³/mol. The first-order chi connectivity index (χ1) is 10.6. The van der Waals surface area contributed by atoms with Crippen molar-refractivity contribution in [1.29, 1.82) is 0 Å². The topological polar surface area (TPSA) is 68.2 Å². The Bertz CT molecular complexity index is 462. The highest BCUT2D eigenvalue weighted by Crippen LogP contribution is 2.31. The van der Waals surface area contributed by atoms with Crippen LogP contribution in [0.3, 0.4) is 0 Å². The molecule has 0 saturated heterocycles. The SMILES string of the molecule is CC1CCC(OS(=O)ON2C=NC3CCCCC3C2=O)CC1. The maximum atomic E-state index is 12.4. The van der Waals surface area contributed by atoms with Crippen LogP contribution >= 0.6 is 0 Å². The Labute approximate surface area is 134 Å². The molecule has 0 aromatic rings. The van der Waals surface area contributed by atoms with E-state index < -0.39 is 11.4 Å². The zero-order valence-corrected chi connectivity index (χ0v) is 13.8. The van der Waals surface area contributed by atoms with Crippen LogP contribution in [-0.4, -0.2) is 33.7 Å². The summed E-state index contributed by atoms with van der Waals surface area (Å²) in [5.41, 5.74) is 0. The molecule has 7 heteroatoms. The lowest BCUT2D eigenvalue weighted by Gasteiger charge is -2.33. The van der Waals surface area contributed by atoms with Crippen molar-refractivity contribution >= 4 is 23.6 Å². The fourth-order valence-electron chi connectivity index (χ4n) is 3.52. The molecule has 2 saturated carbocycles. The number of aliphatic imine (C=N–C) groups is 1. The van der Waals surface area contributed by atoms with Gasteiger partial charge in [-0.05, 0) is 44.4 Å². The molecule has 3 rings (SSSR count). The molecule has 124 valence electrons. The van der Waals surface area contributed by atoms with Crippen LogP contribution in [0.5, 0.6) is 0 Å². The standard InChI is InChI=1S/C15H24N2O4S/c1-11-6-8-12(9-7-11)20-22(19)21-17-10-16-14-5-3-2-4-13(14)15(17)18/h10-14H,2-9H2,1H3. The summed E-state index contributed by atoms with van der Waals surface area (Å²) < 4.78 is 22.6. The molecule has 1 amide bonds. The van der Waals surface area contributed by atoms with Gasteiger partial charge < -0.3 is 0 Å². The van der Waals surface area contributed by atoms with E-state index in [1.54, 1.807) is 0 Å². The first-order valence-electron chi connectivity index (χ1n) is 8.27. The zero-order chi connectivity index (χ0) is 15.5. The van der Waals surface area contributed by atoms with Gasteiger partial charge in [0.05, 0.1) is 18.1 Å². The number of carbonyl (C=O) groups is 1. The summed E-state index contributed by atoms with van der Waals surface area (Å²) in [7, 11) is 0. The Balaban J connectivity index is 1.52. The number of fused-ring (bicyclic) bond motifs is 1. The minimum atomic E-state index is -1.95. The van der Waals surface area contributed by atoms with Gasteiger partial charge in [-0.1, -0.05) is 19.8 Å². The lowest BCUT2D eigenvalue weighted by Crippen LogP contribution is -2.45. The van der Waals surface area contributed by atoms with E-state index in [0.717, 1.165) is 56.4 Å². The van der Waals surface area contributed by atoms with Gasteiger partial charge in [-0.3, -0.25) is 14.0 Å². The van der Waals surface area contributed by atoms with Gasteiger partial charge in [0.25, 0.3) is 5.91 Å². The van der Waals surface area contributed by atoms with Crippen LogP contribution in [0, 0.1) is 11.8 Å². The van der Waals surface area contributed by atoms with E-state index in [4.69, 9.17) is 8.47 Å². The summed E-state index contributed by atoms with van der Waals surface area (Å²) in [4.78, 5) is 16.7. The number of rotatable bonds is 4. The van der Waals surface area contributed by atoms with Crippen molar-refractivity contribution in [3.05, 3.63) is 0 Å². The monoisotopic (exact) mass is 328 g/mol. The molecule has 1 heterocycles. The number of hydrogen-bond donors (Lipinski definition) is 0. The Kier molecular flexibility index (Phi) is 5.25. The summed E-state index contributed by atoms with van der Waals surface area (Å²) >= 11 is -1.95. The molecular weight excluding hydrogens is 304 g/mol. The average molecular weight is 328 g/mol. The molecule has 3 unspecified atom stereocenters. The molecule has 2 aliphatic carbocycles. The highest BCUT2D eigenvalue weighted by atomic mass is 32.2. The minimum absolute atomic E-state index is 0.0451. The zero-order valence-electron chi connectivity index (χ0n) is 13.0. The molecule has 3 atom stereocenters. The summed E-state index contributed by atoms with van der Waals surface area (Å²) in [5.74, 6) is 0.424. The van der Waals surface area contributed by atoms with Gasteiger partial charge in [0.15, 0.2) is 0 Å². The summed E-state index contributed by atoms with van der Waals surface area (Å²) in [6, 6.07) is 0.0651. The van der Waals surface area contributed by atoms with E-state index >= 15 is 0 Å². The molecule has 0 aromatic heterocycles. The van der Waals surface area contributed by atoms with Gasteiger partial charge in [-0.25, -0.2) is 0 Å². The third kappa shape index (κ3) is 3.75. The predicted octanol–water partition coefficient (Wildman–Crippen LogP) is 2.52. The maximum absolute atomic E-state index is 12.4. The van der Waals surface area contributed by atoms with Crippen molar-refractivity contribution in [2.75, 3.05) is 0 Å². The molecule has 6 nitrogen and oxygen atoms in total. The van der Waals surface area contributed by atoms with Crippen molar-refractivity contribution in [1.82, 2.24) is 5.06 Å². The van der Waals surface area contributed by atoms with Crippen molar-refractivity contribution < 1.29 is 17.5 Å². The smallest absolute Gasteiger partial charge is 0.272 e. The number of nitrogens with zero attached hydrogens (tertiary/aromatic N) is 2. The van der Waals surface area contributed by atoms with E-state index in [1.165, 1.54) is 6.34 Å². The summed E-state index contributed by atoms with van der Waals surface area (Å²) in [6.07, 6.45) is 9.18. The molecule has 3 aliphatic rings. The van der Waals surface area contributed by atoms with Gasteiger partial charge in [-0.2, -0.15) is 9.27 Å². The van der Waals surface area contributed by atoms with Crippen molar-refractivity contribution in [3.8, 4) is 0 Å². The Hall–Kier alpha value is -0.790. The van der Waals surface area contributed by atoms with Crippen LogP contribution in [0.4, 0.5) is 0 Å². The van der Waals surface area contributed by atoms with E-state index in [9.17, 15) is 9.00 Å². The molecule has 0 bridgehead atoms. The molecule has 0 spiro atoms. The normalized spacial score (nSPS) is 37.0. The largest absolute Gasteiger partial charge is 0.328 e. The van der Waals surface area contributed by atoms with Gasteiger partial charge in [0.2, 0.25) is 0 Å². The molecule has 0 radical (unpaired) electrons. The lowest BCUT2D eigenvalue weighted by atomic mass is 9.83. The van der Waals surface area contributed by atoms with Gasteiger partial charge in [0, 0.05) is 0 Å². The second-order valence-corrected chi connectivity index (χ2v) is 7.39. The molecule has 0 N–H and O–H groups in total. The van der Waals surface area contributed by atoms with Crippen molar-refractivity contribution in [3.63, 3.8) is 0 Å². The van der Waals surface area contributed by atoms with Crippen LogP contribution in [-0.2, 0) is 24.6 Å². The minimum Gasteiger partial charge on any atom is -0.272 e. The number of hydroxylamine groups is 2. The van der Waals surface area contributed by atoms with Crippen LogP contribution in [0.15, 0.2) is 4.99 Å². The fourth-order valence-corrected chi connectivity index (χ4v) is 4.21. The van der Waals surface area contributed by atoms with E-state index in [1.807, 2.05) is 0 Å². The van der Waals surface area contributed by atoms with Gasteiger partial charge in [-0.15, -0.1) is 4.28 Å². The van der Waals surface area contributed by atoms with Crippen molar-refractivity contribution in [2.45, 2.75) is 70.4 Å². The third-order valence-corrected chi connectivity index (χ3v) is 5.66. The Morgan fingerprint density at radius 3 is 2.68 bits per heavy atom. The number of hydrogen-bond acceptors (Lipinski definition) is 5. The van der Waals surface area contributed by atoms with E-state index in [2.05, 4.69) is 11.9 Å². The molecule has 2 fully saturated rings. The van der Waals surface area contributed by atoms with Gasteiger partial charge >= 0.3 is 11.4 Å². The number of carbonyl (C=O) groups excluding carboxylic acids is 1. The Morgan fingerprint density at radius 2 is 1.91 bits per heavy atom. The summed E-state index contributed by atoms with van der Waals surface area (Å²) in [5, 5.41) is 1.01. The first-order valence-corrected chi connectivity index (χ1v) is 9.27. The first kappa shape index (κ1) is 16.1. The molecule has 0 aromatic carbocycles. The highest BCUT2D eigenvalue weighted by Gasteiger charge is 2.38. The van der Waals surface area contributed by atoms with Gasteiger partial charge in [0.1, 0.15) is 6.34 Å². The summed E-state index contributed by atoms with van der Waals surface area (Å²) in [6.45, 7) is 2.22. The second-order valence-electron chi connectivity index (χ2n) is 6.64. The molecular formula is C15H24N2O4S. The van der Waals surface area contributed by atoms with E-state index in [-0.39, 0.29) is 24.0 Å². The maximum Gasteiger partial charge on any atom is 0.328 e. The molecule has 1 aliphatic heterocycles.